The summed E-state index contributed by atoms with van der Waals surface area (Å²) in [6.45, 7) is 0. The molecule has 0 spiro atoms. The molecule has 0 aliphatic rings. The lowest BCUT2D eigenvalue weighted by molar-refractivity contribution is 1.30. The molecule has 0 atom stereocenters. The summed E-state index contributed by atoms with van der Waals surface area (Å²) in [7, 11) is 0. The molecule has 0 N–H and O–H groups in total. The second-order valence-corrected chi connectivity index (χ2v) is 13.6. The predicted octanol–water partition coefficient (Wildman–Crippen LogP) is 13.8. The molecule has 0 unspecified atom stereocenters. The Morgan fingerprint density at radius 1 is 0.333 bits per heavy atom. The minimum Gasteiger partial charge on any atom is -0.309 e. The zero-order chi connectivity index (χ0) is 31.6. The lowest BCUT2D eigenvalue weighted by atomic mass is 9.95. The summed E-state index contributed by atoms with van der Waals surface area (Å²) >= 11 is 1.88. The number of nitrogens with zero attached hydrogens (tertiary/aromatic N) is 1. The van der Waals surface area contributed by atoms with Crippen molar-refractivity contribution in [3.63, 3.8) is 0 Å². The first-order valence-electron chi connectivity index (χ1n) is 16.4. The zero-order valence-electron chi connectivity index (χ0n) is 26.1. The van der Waals surface area contributed by atoms with Gasteiger partial charge in [0.15, 0.2) is 0 Å². The summed E-state index contributed by atoms with van der Waals surface area (Å²) in [5.41, 5.74) is 5.91. The van der Waals surface area contributed by atoms with Crippen molar-refractivity contribution in [1.29, 1.82) is 0 Å². The smallest absolute Gasteiger partial charge is 0.0640 e. The van der Waals surface area contributed by atoms with Gasteiger partial charge in [-0.3, -0.25) is 0 Å². The fraction of sp³-hybridized carbons (Fsp3) is 0. The average Bonchev–Trinajstić information content (AvgIpc) is 3.52. The van der Waals surface area contributed by atoms with Crippen LogP contribution in [0.1, 0.15) is 0 Å². The number of fused-ring (bicyclic) bond motifs is 9. The van der Waals surface area contributed by atoms with E-state index in [2.05, 4.69) is 181 Å². The maximum atomic E-state index is 2.40. The van der Waals surface area contributed by atoms with Gasteiger partial charge in [-0.15, -0.1) is 11.3 Å². The van der Waals surface area contributed by atoms with E-state index in [4.69, 9.17) is 0 Å². The Balaban J connectivity index is 1.08. The second-order valence-electron chi connectivity index (χ2n) is 12.6. The molecule has 0 aliphatic carbocycles. The molecule has 0 fully saturated rings. The monoisotopic (exact) mass is 627 g/mol. The highest BCUT2D eigenvalue weighted by Crippen LogP contribution is 2.46. The van der Waals surface area contributed by atoms with E-state index in [9.17, 15) is 0 Å². The Labute approximate surface area is 282 Å². The summed E-state index contributed by atoms with van der Waals surface area (Å²) in [6.07, 6.45) is 0. The normalized spacial score (nSPS) is 11.8. The molecular formula is C46H29NS. The number of hydrogen-bond acceptors (Lipinski definition) is 2. The van der Waals surface area contributed by atoms with Crippen molar-refractivity contribution in [3.05, 3.63) is 176 Å². The Hall–Kier alpha value is -5.96. The maximum absolute atomic E-state index is 2.40. The Morgan fingerprint density at radius 3 is 1.75 bits per heavy atom. The van der Waals surface area contributed by atoms with Gasteiger partial charge in [0.1, 0.15) is 0 Å². The molecule has 224 valence electrons. The topological polar surface area (TPSA) is 3.24 Å². The van der Waals surface area contributed by atoms with Crippen LogP contribution in [0.5, 0.6) is 0 Å². The largest absolute Gasteiger partial charge is 0.309 e. The molecule has 2 heteroatoms. The van der Waals surface area contributed by atoms with Crippen molar-refractivity contribution in [2.45, 2.75) is 0 Å². The van der Waals surface area contributed by atoms with E-state index < -0.39 is 0 Å². The van der Waals surface area contributed by atoms with Gasteiger partial charge in [-0.05, 0) is 103 Å². The third kappa shape index (κ3) is 4.31. The molecule has 0 amide bonds. The summed E-state index contributed by atoms with van der Waals surface area (Å²) in [4.78, 5) is 2.40. The molecule has 1 heterocycles. The van der Waals surface area contributed by atoms with Gasteiger partial charge in [-0.2, -0.15) is 0 Å². The van der Waals surface area contributed by atoms with Crippen molar-refractivity contribution >= 4 is 91.7 Å². The Bertz CT molecular complexity index is 2830. The summed E-state index contributed by atoms with van der Waals surface area (Å²) in [5.74, 6) is 0. The lowest BCUT2D eigenvalue weighted by Crippen LogP contribution is -2.09. The number of anilines is 3. The van der Waals surface area contributed by atoms with Crippen LogP contribution in [0.3, 0.4) is 0 Å². The van der Waals surface area contributed by atoms with Crippen LogP contribution >= 0.6 is 11.3 Å². The first-order chi connectivity index (χ1) is 23.8. The van der Waals surface area contributed by atoms with Gasteiger partial charge in [-0.25, -0.2) is 0 Å². The number of para-hydroxylation sites is 1. The van der Waals surface area contributed by atoms with Crippen molar-refractivity contribution in [1.82, 2.24) is 0 Å². The van der Waals surface area contributed by atoms with E-state index >= 15 is 0 Å². The lowest BCUT2D eigenvalue weighted by Gasteiger charge is -2.26. The average molecular weight is 628 g/mol. The van der Waals surface area contributed by atoms with Crippen molar-refractivity contribution in [2.24, 2.45) is 0 Å². The molecule has 1 nitrogen and oxygen atoms in total. The number of thiophene rings is 1. The maximum Gasteiger partial charge on any atom is 0.0640 e. The second kappa shape index (κ2) is 10.8. The van der Waals surface area contributed by atoms with Crippen LogP contribution in [0.15, 0.2) is 176 Å². The third-order valence-electron chi connectivity index (χ3n) is 9.80. The zero-order valence-corrected chi connectivity index (χ0v) is 26.9. The van der Waals surface area contributed by atoms with Gasteiger partial charge in [0.05, 0.1) is 10.4 Å². The van der Waals surface area contributed by atoms with Gasteiger partial charge in [0.25, 0.3) is 0 Å². The number of benzene rings is 9. The molecule has 0 saturated carbocycles. The van der Waals surface area contributed by atoms with Gasteiger partial charge >= 0.3 is 0 Å². The van der Waals surface area contributed by atoms with Crippen LogP contribution in [0.25, 0.3) is 74.4 Å². The first-order valence-corrected chi connectivity index (χ1v) is 17.2. The first kappa shape index (κ1) is 27.2. The molecule has 1 aromatic heterocycles. The van der Waals surface area contributed by atoms with Crippen LogP contribution in [0.2, 0.25) is 0 Å². The summed E-state index contributed by atoms with van der Waals surface area (Å²) in [5, 5.41) is 12.9. The highest BCUT2D eigenvalue weighted by molar-refractivity contribution is 7.26. The van der Waals surface area contributed by atoms with Gasteiger partial charge in [0, 0.05) is 26.8 Å². The predicted molar refractivity (Wildman–Crippen MR) is 209 cm³/mol. The van der Waals surface area contributed by atoms with Crippen molar-refractivity contribution < 1.29 is 0 Å². The highest BCUT2D eigenvalue weighted by atomic mass is 32.1. The van der Waals surface area contributed by atoms with E-state index in [1.807, 2.05) is 11.3 Å². The fourth-order valence-electron chi connectivity index (χ4n) is 7.46. The highest BCUT2D eigenvalue weighted by Gasteiger charge is 2.18. The molecule has 10 rings (SSSR count). The molecule has 0 saturated heterocycles. The molecule has 10 aromatic rings. The van der Waals surface area contributed by atoms with Crippen LogP contribution in [-0.4, -0.2) is 0 Å². The van der Waals surface area contributed by atoms with Crippen molar-refractivity contribution in [3.8, 4) is 11.1 Å². The molecule has 0 radical (unpaired) electrons. The van der Waals surface area contributed by atoms with Gasteiger partial charge in [-0.1, -0.05) is 127 Å². The van der Waals surface area contributed by atoms with Crippen LogP contribution in [-0.2, 0) is 0 Å². The van der Waals surface area contributed by atoms with Crippen LogP contribution < -0.4 is 4.90 Å². The van der Waals surface area contributed by atoms with Crippen LogP contribution in [0.4, 0.5) is 17.1 Å². The SMILES string of the molecule is c1ccc(N(c2ccc(-c3ccc4c(ccc5c6ccccc6ccc45)c3)cc2)c2cccc3c2sc2cc4ccccc4cc23)cc1. The minimum absolute atomic E-state index is 1.14. The van der Waals surface area contributed by atoms with E-state index in [-0.39, 0.29) is 0 Å². The molecular weight excluding hydrogens is 599 g/mol. The minimum atomic E-state index is 1.14. The molecule has 9 aromatic carbocycles. The van der Waals surface area contributed by atoms with E-state index in [1.54, 1.807) is 0 Å². The van der Waals surface area contributed by atoms with E-state index in [0.29, 0.717) is 0 Å². The van der Waals surface area contributed by atoms with E-state index in [1.165, 1.54) is 80.1 Å². The van der Waals surface area contributed by atoms with Gasteiger partial charge < -0.3 is 4.90 Å². The van der Waals surface area contributed by atoms with Crippen LogP contribution in [0, 0.1) is 0 Å². The fourth-order valence-corrected chi connectivity index (χ4v) is 8.70. The molecule has 0 aliphatic heterocycles. The molecule has 0 bridgehead atoms. The molecule has 48 heavy (non-hydrogen) atoms. The Morgan fingerprint density at radius 2 is 0.938 bits per heavy atom. The van der Waals surface area contributed by atoms with Gasteiger partial charge in [0.2, 0.25) is 0 Å². The number of rotatable bonds is 4. The summed E-state index contributed by atoms with van der Waals surface area (Å²) < 4.78 is 2.61. The van der Waals surface area contributed by atoms with Crippen molar-refractivity contribution in [2.75, 3.05) is 4.90 Å². The standard InChI is InChI=1S/C46H29NS/c1-2-12-36(13-3-1)47(44-16-8-15-42-43-28-32-10-4-5-11-33(32)29-45(43)48-46(42)44)37-22-17-30(18-23-37)34-20-24-39-35(27-34)21-26-40-38-14-7-6-9-31(38)19-25-41(39)40/h1-29H. The van der Waals surface area contributed by atoms with E-state index in [0.717, 1.165) is 11.4 Å². The number of hydrogen-bond donors (Lipinski definition) is 0. The Kier molecular flexibility index (Phi) is 6.12. The summed E-state index contributed by atoms with van der Waals surface area (Å²) in [6, 6.07) is 64.4. The third-order valence-corrected chi connectivity index (χ3v) is 11.0. The quantitative estimate of drug-likeness (QED) is 0.176.